The van der Waals surface area contributed by atoms with Crippen molar-refractivity contribution in [2.24, 2.45) is 5.92 Å². The van der Waals surface area contributed by atoms with Gasteiger partial charge in [-0.15, -0.1) is 0 Å². The van der Waals surface area contributed by atoms with E-state index in [0.29, 0.717) is 32.0 Å². The first-order valence-electron chi connectivity index (χ1n) is 7.60. The van der Waals surface area contributed by atoms with E-state index in [1.807, 2.05) is 23.1 Å². The summed E-state index contributed by atoms with van der Waals surface area (Å²) in [6.07, 6.45) is 5.71. The number of nitrogens with zero attached hydrogens (tertiary/aromatic N) is 1. The van der Waals surface area contributed by atoms with E-state index >= 15 is 0 Å². The zero-order valence-corrected chi connectivity index (χ0v) is 12.4. The normalized spacial score (nSPS) is 15.4. The van der Waals surface area contributed by atoms with Crippen LogP contribution in [0.1, 0.15) is 37.7 Å². The summed E-state index contributed by atoms with van der Waals surface area (Å²) in [6.45, 7) is 1.97. The van der Waals surface area contributed by atoms with E-state index < -0.39 is 0 Å². The minimum absolute atomic E-state index is 0.276. The van der Waals surface area contributed by atoms with Crippen LogP contribution in [0.25, 0.3) is 0 Å². The van der Waals surface area contributed by atoms with Crippen molar-refractivity contribution in [2.45, 2.75) is 38.6 Å². The molecule has 0 aromatic heterocycles. The maximum Gasteiger partial charge on any atom is 0.223 e. The van der Waals surface area contributed by atoms with Gasteiger partial charge in [-0.3, -0.25) is 4.79 Å². The fourth-order valence-electron chi connectivity index (χ4n) is 2.89. The van der Waals surface area contributed by atoms with Gasteiger partial charge in [0.25, 0.3) is 0 Å². The first kappa shape index (κ1) is 15.0. The van der Waals surface area contributed by atoms with E-state index in [1.54, 1.807) is 7.11 Å². The monoisotopic (exact) mass is 275 g/mol. The Kier molecular flexibility index (Phi) is 6.06. The highest BCUT2D eigenvalue weighted by Crippen LogP contribution is 2.28. The van der Waals surface area contributed by atoms with Gasteiger partial charge in [0, 0.05) is 26.6 Å². The van der Waals surface area contributed by atoms with Gasteiger partial charge in [0.1, 0.15) is 0 Å². The molecule has 0 unspecified atom stereocenters. The Bertz CT molecular complexity index is 399. The number of amides is 1. The largest absolute Gasteiger partial charge is 0.383 e. The van der Waals surface area contributed by atoms with Crippen molar-refractivity contribution in [1.82, 2.24) is 4.90 Å². The standard InChI is InChI=1S/C17H25NO2/c1-20-12-11-18(14-16-9-3-2-4-10-16)17(19)13-15-7-5-6-8-15/h2-4,9-10,15H,5-8,11-14H2,1H3. The summed E-state index contributed by atoms with van der Waals surface area (Å²) >= 11 is 0. The smallest absolute Gasteiger partial charge is 0.223 e. The summed E-state index contributed by atoms with van der Waals surface area (Å²) in [5.74, 6) is 0.876. The predicted molar refractivity (Wildman–Crippen MR) is 80.3 cm³/mol. The van der Waals surface area contributed by atoms with Crippen molar-refractivity contribution < 1.29 is 9.53 Å². The van der Waals surface area contributed by atoms with Gasteiger partial charge in [0.2, 0.25) is 5.91 Å². The van der Waals surface area contributed by atoms with E-state index in [-0.39, 0.29) is 5.91 Å². The zero-order valence-electron chi connectivity index (χ0n) is 12.4. The SMILES string of the molecule is COCCN(Cc1ccccc1)C(=O)CC1CCCC1. The third-order valence-corrected chi connectivity index (χ3v) is 4.07. The van der Waals surface area contributed by atoms with Gasteiger partial charge < -0.3 is 9.64 Å². The molecule has 1 fully saturated rings. The molecule has 2 rings (SSSR count). The van der Waals surface area contributed by atoms with Gasteiger partial charge in [-0.2, -0.15) is 0 Å². The quantitative estimate of drug-likeness (QED) is 0.764. The lowest BCUT2D eigenvalue weighted by molar-refractivity contribution is -0.133. The highest BCUT2D eigenvalue weighted by molar-refractivity contribution is 5.76. The van der Waals surface area contributed by atoms with Gasteiger partial charge in [-0.05, 0) is 24.3 Å². The lowest BCUT2D eigenvalue weighted by Crippen LogP contribution is -2.34. The van der Waals surface area contributed by atoms with E-state index in [9.17, 15) is 4.79 Å². The second kappa shape index (κ2) is 8.05. The minimum atomic E-state index is 0.276. The molecule has 0 bridgehead atoms. The zero-order chi connectivity index (χ0) is 14.2. The molecule has 1 aliphatic rings. The van der Waals surface area contributed by atoms with Crippen LogP contribution in [0.2, 0.25) is 0 Å². The Morgan fingerprint density at radius 2 is 1.95 bits per heavy atom. The van der Waals surface area contributed by atoms with E-state index in [0.717, 1.165) is 0 Å². The van der Waals surface area contributed by atoms with Crippen LogP contribution in [0.4, 0.5) is 0 Å². The molecule has 0 heterocycles. The number of benzene rings is 1. The maximum absolute atomic E-state index is 12.5. The number of hydrogen-bond donors (Lipinski definition) is 0. The molecular formula is C17H25NO2. The van der Waals surface area contributed by atoms with Gasteiger partial charge in [0.05, 0.1) is 6.61 Å². The molecule has 3 nitrogen and oxygen atoms in total. The molecule has 0 aliphatic heterocycles. The third kappa shape index (κ3) is 4.64. The van der Waals surface area contributed by atoms with Crippen LogP contribution in [0.5, 0.6) is 0 Å². The maximum atomic E-state index is 12.5. The molecule has 20 heavy (non-hydrogen) atoms. The van der Waals surface area contributed by atoms with Gasteiger partial charge in [0.15, 0.2) is 0 Å². The fourth-order valence-corrected chi connectivity index (χ4v) is 2.89. The van der Waals surface area contributed by atoms with Crippen molar-refractivity contribution in [3.63, 3.8) is 0 Å². The molecule has 1 saturated carbocycles. The van der Waals surface area contributed by atoms with Crippen LogP contribution in [0.3, 0.4) is 0 Å². The van der Waals surface area contributed by atoms with Crippen LogP contribution in [-0.4, -0.2) is 31.1 Å². The third-order valence-electron chi connectivity index (χ3n) is 4.07. The molecule has 3 heteroatoms. The average molecular weight is 275 g/mol. The van der Waals surface area contributed by atoms with Crippen LogP contribution in [0.15, 0.2) is 30.3 Å². The summed E-state index contributed by atoms with van der Waals surface area (Å²) in [4.78, 5) is 14.4. The Morgan fingerprint density at radius 1 is 1.25 bits per heavy atom. The van der Waals surface area contributed by atoms with Crippen LogP contribution in [-0.2, 0) is 16.1 Å². The minimum Gasteiger partial charge on any atom is -0.383 e. The number of rotatable bonds is 7. The number of carbonyl (C=O) groups is 1. The summed E-state index contributed by atoms with van der Waals surface area (Å²) in [7, 11) is 1.68. The molecule has 1 aromatic rings. The molecule has 1 aliphatic carbocycles. The van der Waals surface area contributed by atoms with Crippen molar-refractivity contribution in [2.75, 3.05) is 20.3 Å². The molecule has 110 valence electrons. The summed E-state index contributed by atoms with van der Waals surface area (Å²) in [6, 6.07) is 10.2. The highest BCUT2D eigenvalue weighted by atomic mass is 16.5. The molecule has 0 radical (unpaired) electrons. The fraction of sp³-hybridized carbons (Fsp3) is 0.588. The molecule has 1 aromatic carbocycles. The van der Waals surface area contributed by atoms with Crippen molar-refractivity contribution in [3.05, 3.63) is 35.9 Å². The first-order chi connectivity index (χ1) is 9.79. The summed E-state index contributed by atoms with van der Waals surface area (Å²) in [5.41, 5.74) is 1.18. The predicted octanol–water partition coefficient (Wildman–Crippen LogP) is 3.24. The van der Waals surface area contributed by atoms with E-state index in [1.165, 1.54) is 31.2 Å². The molecule has 0 spiro atoms. The topological polar surface area (TPSA) is 29.5 Å². The molecular weight excluding hydrogens is 250 g/mol. The van der Waals surface area contributed by atoms with Crippen molar-refractivity contribution in [3.8, 4) is 0 Å². The number of methoxy groups -OCH3 is 1. The second-order valence-electron chi connectivity index (χ2n) is 5.65. The van der Waals surface area contributed by atoms with E-state index in [4.69, 9.17) is 4.74 Å². The summed E-state index contributed by atoms with van der Waals surface area (Å²) in [5, 5.41) is 0. The lowest BCUT2D eigenvalue weighted by atomic mass is 10.0. The molecule has 0 atom stereocenters. The van der Waals surface area contributed by atoms with Gasteiger partial charge in [-0.1, -0.05) is 43.2 Å². The van der Waals surface area contributed by atoms with Crippen LogP contribution in [0, 0.1) is 5.92 Å². The van der Waals surface area contributed by atoms with E-state index in [2.05, 4.69) is 12.1 Å². The van der Waals surface area contributed by atoms with Crippen molar-refractivity contribution in [1.29, 1.82) is 0 Å². The number of ether oxygens (including phenoxy) is 1. The Hall–Kier alpha value is -1.35. The summed E-state index contributed by atoms with van der Waals surface area (Å²) < 4.78 is 5.14. The highest BCUT2D eigenvalue weighted by Gasteiger charge is 2.22. The number of carbonyl (C=O) groups excluding carboxylic acids is 1. The first-order valence-corrected chi connectivity index (χ1v) is 7.60. The van der Waals surface area contributed by atoms with Gasteiger partial charge in [-0.25, -0.2) is 0 Å². The number of hydrogen-bond acceptors (Lipinski definition) is 2. The molecule has 0 saturated heterocycles. The average Bonchev–Trinajstić information content (AvgIpc) is 2.97. The Labute approximate surface area is 121 Å². The Morgan fingerprint density at radius 3 is 2.60 bits per heavy atom. The molecule has 1 amide bonds. The van der Waals surface area contributed by atoms with Crippen LogP contribution < -0.4 is 0 Å². The van der Waals surface area contributed by atoms with Crippen molar-refractivity contribution >= 4 is 5.91 Å². The lowest BCUT2D eigenvalue weighted by Gasteiger charge is -2.24. The van der Waals surface area contributed by atoms with Gasteiger partial charge >= 0.3 is 0 Å². The second-order valence-corrected chi connectivity index (χ2v) is 5.65. The molecule has 0 N–H and O–H groups in total. The Balaban J connectivity index is 1.92. The van der Waals surface area contributed by atoms with Crippen LogP contribution >= 0.6 is 0 Å².